The van der Waals surface area contributed by atoms with Gasteiger partial charge in [0.1, 0.15) is 0 Å². The van der Waals surface area contributed by atoms with Crippen molar-refractivity contribution in [3.05, 3.63) is 68.7 Å². The fourth-order valence-electron chi connectivity index (χ4n) is 1.74. The van der Waals surface area contributed by atoms with E-state index in [0.29, 0.717) is 17.1 Å². The standard InChI is InChI=1S/C14H13ClN2O2/c1-10-2-5-13(6-3-10)16-9-11-8-12(15)4-7-14(11)17(18)19/h2-8,16H,9H2,1H3. The lowest BCUT2D eigenvalue weighted by Gasteiger charge is -2.07. The van der Waals surface area contributed by atoms with Gasteiger partial charge in [0, 0.05) is 23.3 Å². The zero-order valence-corrected chi connectivity index (χ0v) is 11.1. The molecule has 0 aromatic heterocycles. The number of nitrogens with one attached hydrogen (secondary N) is 1. The Morgan fingerprint density at radius 3 is 2.53 bits per heavy atom. The van der Waals surface area contributed by atoms with Gasteiger partial charge >= 0.3 is 0 Å². The minimum Gasteiger partial charge on any atom is -0.381 e. The molecule has 2 aromatic rings. The van der Waals surface area contributed by atoms with Gasteiger partial charge in [-0.05, 0) is 31.2 Å². The first-order valence-corrected chi connectivity index (χ1v) is 6.17. The van der Waals surface area contributed by atoms with Gasteiger partial charge in [0.25, 0.3) is 5.69 Å². The smallest absolute Gasteiger partial charge is 0.274 e. The first kappa shape index (κ1) is 13.4. The summed E-state index contributed by atoms with van der Waals surface area (Å²) in [5.41, 5.74) is 2.72. The highest BCUT2D eigenvalue weighted by Gasteiger charge is 2.13. The molecule has 2 aromatic carbocycles. The minimum atomic E-state index is -0.400. The minimum absolute atomic E-state index is 0.0732. The van der Waals surface area contributed by atoms with Crippen molar-refractivity contribution in [1.82, 2.24) is 0 Å². The van der Waals surface area contributed by atoms with E-state index in [4.69, 9.17) is 11.6 Å². The predicted octanol–water partition coefficient (Wildman–Crippen LogP) is 4.17. The van der Waals surface area contributed by atoms with Gasteiger partial charge in [-0.25, -0.2) is 0 Å². The number of benzene rings is 2. The maximum atomic E-state index is 10.9. The molecule has 4 nitrogen and oxygen atoms in total. The molecule has 0 radical (unpaired) electrons. The summed E-state index contributed by atoms with van der Waals surface area (Å²) in [6, 6.07) is 12.4. The highest BCUT2D eigenvalue weighted by molar-refractivity contribution is 6.30. The second-order valence-electron chi connectivity index (χ2n) is 4.25. The lowest BCUT2D eigenvalue weighted by Crippen LogP contribution is -2.03. The van der Waals surface area contributed by atoms with Crippen LogP contribution in [0.3, 0.4) is 0 Å². The quantitative estimate of drug-likeness (QED) is 0.673. The molecule has 0 aliphatic rings. The molecule has 0 saturated carbocycles. The van der Waals surface area contributed by atoms with Gasteiger partial charge in [0.15, 0.2) is 0 Å². The number of nitro groups is 1. The van der Waals surface area contributed by atoms with Crippen molar-refractivity contribution in [2.24, 2.45) is 0 Å². The van der Waals surface area contributed by atoms with E-state index in [9.17, 15) is 10.1 Å². The Balaban J connectivity index is 2.16. The van der Waals surface area contributed by atoms with Gasteiger partial charge in [0.2, 0.25) is 0 Å². The average Bonchev–Trinajstić information content (AvgIpc) is 2.38. The van der Waals surface area contributed by atoms with Crippen LogP contribution in [0, 0.1) is 17.0 Å². The Labute approximate surface area is 116 Å². The van der Waals surface area contributed by atoms with Crippen molar-refractivity contribution in [2.45, 2.75) is 13.5 Å². The number of hydrogen-bond donors (Lipinski definition) is 1. The number of anilines is 1. The second-order valence-corrected chi connectivity index (χ2v) is 4.69. The van der Waals surface area contributed by atoms with Crippen molar-refractivity contribution in [2.75, 3.05) is 5.32 Å². The van der Waals surface area contributed by atoms with Crippen LogP contribution in [0.25, 0.3) is 0 Å². The van der Waals surface area contributed by atoms with Crippen molar-refractivity contribution < 1.29 is 4.92 Å². The Bertz CT molecular complexity index is 597. The molecule has 0 aliphatic heterocycles. The monoisotopic (exact) mass is 276 g/mol. The van der Waals surface area contributed by atoms with Crippen LogP contribution in [-0.2, 0) is 6.54 Å². The molecule has 0 atom stereocenters. The van der Waals surface area contributed by atoms with Gasteiger partial charge in [-0.3, -0.25) is 10.1 Å². The molecule has 5 heteroatoms. The van der Waals surface area contributed by atoms with E-state index in [1.165, 1.54) is 17.7 Å². The zero-order valence-electron chi connectivity index (χ0n) is 10.4. The fraction of sp³-hybridized carbons (Fsp3) is 0.143. The molecular formula is C14H13ClN2O2. The molecule has 0 fully saturated rings. The zero-order chi connectivity index (χ0) is 13.8. The molecule has 1 N–H and O–H groups in total. The van der Waals surface area contributed by atoms with Crippen molar-refractivity contribution in [3.8, 4) is 0 Å². The lowest BCUT2D eigenvalue weighted by atomic mass is 10.1. The maximum Gasteiger partial charge on any atom is 0.274 e. The number of nitro benzene ring substituents is 1. The van der Waals surface area contributed by atoms with E-state index >= 15 is 0 Å². The third-order valence-corrected chi connectivity index (χ3v) is 3.01. The third-order valence-electron chi connectivity index (χ3n) is 2.77. The normalized spacial score (nSPS) is 10.2. The van der Waals surface area contributed by atoms with Crippen molar-refractivity contribution in [1.29, 1.82) is 0 Å². The fourth-order valence-corrected chi connectivity index (χ4v) is 1.94. The summed E-state index contributed by atoms with van der Waals surface area (Å²) < 4.78 is 0. The second kappa shape index (κ2) is 5.71. The summed E-state index contributed by atoms with van der Waals surface area (Å²) in [6.07, 6.45) is 0. The molecule has 0 aliphatic carbocycles. The van der Waals surface area contributed by atoms with Gasteiger partial charge < -0.3 is 5.32 Å². The largest absolute Gasteiger partial charge is 0.381 e. The number of aryl methyl sites for hydroxylation is 1. The molecule has 0 spiro atoms. The van der Waals surface area contributed by atoms with Crippen molar-refractivity contribution >= 4 is 23.0 Å². The van der Waals surface area contributed by atoms with Crippen LogP contribution in [0.15, 0.2) is 42.5 Å². The van der Waals surface area contributed by atoms with E-state index < -0.39 is 4.92 Å². The summed E-state index contributed by atoms with van der Waals surface area (Å²) >= 11 is 5.87. The Hall–Kier alpha value is -2.07. The van der Waals surface area contributed by atoms with Crippen LogP contribution in [0.1, 0.15) is 11.1 Å². The van der Waals surface area contributed by atoms with Crippen molar-refractivity contribution in [3.63, 3.8) is 0 Å². The van der Waals surface area contributed by atoms with Crippen LogP contribution < -0.4 is 5.32 Å². The molecule has 19 heavy (non-hydrogen) atoms. The topological polar surface area (TPSA) is 55.2 Å². The maximum absolute atomic E-state index is 10.9. The van der Waals surface area contributed by atoms with Gasteiger partial charge in [0.05, 0.1) is 10.5 Å². The molecule has 0 saturated heterocycles. The molecule has 0 bridgehead atoms. The lowest BCUT2D eigenvalue weighted by molar-refractivity contribution is -0.385. The van der Waals surface area contributed by atoms with E-state index in [2.05, 4.69) is 5.32 Å². The van der Waals surface area contributed by atoms with E-state index in [1.54, 1.807) is 6.07 Å². The first-order chi connectivity index (χ1) is 9.06. The summed E-state index contributed by atoms with van der Waals surface area (Å²) in [6.45, 7) is 2.37. The van der Waals surface area contributed by atoms with E-state index in [1.807, 2.05) is 31.2 Å². The number of halogens is 1. The SMILES string of the molecule is Cc1ccc(NCc2cc(Cl)ccc2[N+](=O)[O-])cc1. The van der Waals surface area contributed by atoms with Crippen LogP contribution >= 0.6 is 11.6 Å². The van der Waals surface area contributed by atoms with Crippen LogP contribution in [0.2, 0.25) is 5.02 Å². The van der Waals surface area contributed by atoms with E-state index in [0.717, 1.165) is 5.69 Å². The molecule has 2 rings (SSSR count). The van der Waals surface area contributed by atoms with Crippen LogP contribution in [0.4, 0.5) is 11.4 Å². The van der Waals surface area contributed by atoms with Gasteiger partial charge in [-0.15, -0.1) is 0 Å². The predicted molar refractivity (Wildman–Crippen MR) is 76.6 cm³/mol. The summed E-state index contributed by atoms with van der Waals surface area (Å²) in [4.78, 5) is 10.5. The van der Waals surface area contributed by atoms with E-state index in [-0.39, 0.29) is 5.69 Å². The molecular weight excluding hydrogens is 264 g/mol. The van der Waals surface area contributed by atoms with Gasteiger partial charge in [-0.2, -0.15) is 0 Å². The highest BCUT2D eigenvalue weighted by atomic mass is 35.5. The third kappa shape index (κ3) is 3.45. The number of nitrogens with zero attached hydrogens (tertiary/aromatic N) is 1. The molecule has 0 heterocycles. The Kier molecular flexibility index (Phi) is 4.02. The highest BCUT2D eigenvalue weighted by Crippen LogP contribution is 2.23. The van der Waals surface area contributed by atoms with Crippen LogP contribution in [-0.4, -0.2) is 4.92 Å². The first-order valence-electron chi connectivity index (χ1n) is 5.79. The summed E-state index contributed by atoms with van der Waals surface area (Å²) in [5.74, 6) is 0. The Morgan fingerprint density at radius 1 is 1.21 bits per heavy atom. The molecule has 0 amide bonds. The summed E-state index contributed by atoms with van der Waals surface area (Å²) in [7, 11) is 0. The molecule has 0 unspecified atom stereocenters. The molecule has 98 valence electrons. The Morgan fingerprint density at radius 2 is 1.89 bits per heavy atom. The number of rotatable bonds is 4. The summed E-state index contributed by atoms with van der Waals surface area (Å²) in [5, 5.41) is 14.6. The van der Waals surface area contributed by atoms with Crippen LogP contribution in [0.5, 0.6) is 0 Å². The number of hydrogen-bond acceptors (Lipinski definition) is 3. The van der Waals surface area contributed by atoms with Gasteiger partial charge in [-0.1, -0.05) is 29.3 Å². The average molecular weight is 277 g/mol.